The monoisotopic (exact) mass is 226 g/mol. The molecule has 0 aromatic heterocycles. The molecule has 0 aliphatic heterocycles. The molecule has 0 amide bonds. The summed E-state index contributed by atoms with van der Waals surface area (Å²) in [5, 5.41) is 0. The van der Waals surface area contributed by atoms with Crippen LogP contribution in [-0.4, -0.2) is 11.8 Å². The van der Waals surface area contributed by atoms with Crippen LogP contribution >= 0.6 is 11.8 Å². The van der Waals surface area contributed by atoms with Crippen molar-refractivity contribution in [3.8, 4) is 0 Å². The SMILES string of the molecule is C=C(C)C(CSc1ccc(F)cc1)NN. The van der Waals surface area contributed by atoms with Crippen molar-refractivity contribution in [2.45, 2.75) is 17.9 Å². The number of hydrazine groups is 1. The highest BCUT2D eigenvalue weighted by atomic mass is 32.2. The first-order valence-electron chi connectivity index (χ1n) is 4.63. The van der Waals surface area contributed by atoms with Gasteiger partial charge in [0.25, 0.3) is 0 Å². The lowest BCUT2D eigenvalue weighted by Crippen LogP contribution is -2.37. The van der Waals surface area contributed by atoms with Crippen molar-refractivity contribution in [1.82, 2.24) is 5.43 Å². The molecule has 82 valence electrons. The van der Waals surface area contributed by atoms with Crippen molar-refractivity contribution in [2.75, 3.05) is 5.75 Å². The van der Waals surface area contributed by atoms with Crippen LogP contribution in [0.2, 0.25) is 0 Å². The van der Waals surface area contributed by atoms with E-state index in [1.165, 1.54) is 12.1 Å². The maximum absolute atomic E-state index is 12.6. The number of nitrogens with two attached hydrogens (primary N) is 1. The zero-order valence-electron chi connectivity index (χ0n) is 8.66. The molecule has 1 unspecified atom stereocenters. The highest BCUT2D eigenvalue weighted by Gasteiger charge is 2.07. The summed E-state index contributed by atoms with van der Waals surface area (Å²) in [4.78, 5) is 1.03. The molecule has 0 heterocycles. The van der Waals surface area contributed by atoms with E-state index in [1.807, 2.05) is 6.92 Å². The minimum absolute atomic E-state index is 0.0834. The summed E-state index contributed by atoms with van der Waals surface area (Å²) in [6.07, 6.45) is 0. The van der Waals surface area contributed by atoms with Crippen molar-refractivity contribution in [2.24, 2.45) is 5.84 Å². The van der Waals surface area contributed by atoms with Crippen molar-refractivity contribution < 1.29 is 4.39 Å². The number of rotatable bonds is 5. The second-order valence-corrected chi connectivity index (χ2v) is 4.42. The zero-order valence-corrected chi connectivity index (χ0v) is 9.48. The van der Waals surface area contributed by atoms with E-state index in [0.717, 1.165) is 16.2 Å². The van der Waals surface area contributed by atoms with E-state index in [2.05, 4.69) is 12.0 Å². The lowest BCUT2D eigenvalue weighted by atomic mass is 10.2. The summed E-state index contributed by atoms with van der Waals surface area (Å²) in [6.45, 7) is 5.76. The van der Waals surface area contributed by atoms with E-state index < -0.39 is 0 Å². The normalized spacial score (nSPS) is 12.5. The Morgan fingerprint density at radius 1 is 1.53 bits per heavy atom. The average molecular weight is 226 g/mol. The Kier molecular flexibility index (Phi) is 4.81. The van der Waals surface area contributed by atoms with Gasteiger partial charge in [0, 0.05) is 10.6 Å². The van der Waals surface area contributed by atoms with Crippen molar-refractivity contribution in [3.63, 3.8) is 0 Å². The number of thioether (sulfide) groups is 1. The molecular formula is C11H15FN2S. The van der Waals surface area contributed by atoms with Gasteiger partial charge in [-0.1, -0.05) is 12.2 Å². The quantitative estimate of drug-likeness (QED) is 0.350. The van der Waals surface area contributed by atoms with Gasteiger partial charge in [0.1, 0.15) is 5.82 Å². The van der Waals surface area contributed by atoms with Gasteiger partial charge < -0.3 is 0 Å². The Labute approximate surface area is 93.7 Å². The molecule has 3 N–H and O–H groups in total. The first-order chi connectivity index (χ1) is 7.13. The third-order valence-electron chi connectivity index (χ3n) is 2.03. The molecular weight excluding hydrogens is 211 g/mol. The largest absolute Gasteiger partial charge is 0.271 e. The zero-order chi connectivity index (χ0) is 11.3. The molecule has 0 saturated heterocycles. The lowest BCUT2D eigenvalue weighted by molar-refractivity contribution is 0.626. The number of nitrogens with one attached hydrogen (secondary N) is 1. The minimum atomic E-state index is -0.215. The lowest BCUT2D eigenvalue weighted by Gasteiger charge is -2.14. The molecule has 0 aliphatic carbocycles. The third-order valence-corrected chi connectivity index (χ3v) is 3.13. The Morgan fingerprint density at radius 3 is 2.60 bits per heavy atom. The number of hydrogen-bond acceptors (Lipinski definition) is 3. The molecule has 0 aliphatic rings. The first-order valence-corrected chi connectivity index (χ1v) is 5.62. The predicted molar refractivity (Wildman–Crippen MR) is 63.0 cm³/mol. The number of benzene rings is 1. The van der Waals surface area contributed by atoms with Crippen LogP contribution in [0.3, 0.4) is 0 Å². The van der Waals surface area contributed by atoms with Crippen molar-refractivity contribution >= 4 is 11.8 Å². The summed E-state index contributed by atoms with van der Waals surface area (Å²) in [6, 6.07) is 6.50. The Hall–Kier alpha value is -0.840. The maximum atomic E-state index is 12.6. The molecule has 0 bridgehead atoms. The van der Waals surface area contributed by atoms with E-state index in [4.69, 9.17) is 5.84 Å². The van der Waals surface area contributed by atoms with Crippen LogP contribution in [0.15, 0.2) is 41.3 Å². The second-order valence-electron chi connectivity index (χ2n) is 3.33. The number of halogens is 1. The molecule has 0 saturated carbocycles. The smallest absolute Gasteiger partial charge is 0.123 e. The summed E-state index contributed by atoms with van der Waals surface area (Å²) in [5.41, 5.74) is 3.68. The molecule has 2 nitrogen and oxygen atoms in total. The topological polar surface area (TPSA) is 38.0 Å². The summed E-state index contributed by atoms with van der Waals surface area (Å²) in [7, 11) is 0. The molecule has 1 rings (SSSR count). The molecule has 1 atom stereocenters. The van der Waals surface area contributed by atoms with E-state index >= 15 is 0 Å². The Balaban J connectivity index is 2.49. The van der Waals surface area contributed by atoms with Crippen LogP contribution < -0.4 is 11.3 Å². The van der Waals surface area contributed by atoms with Crippen LogP contribution in [-0.2, 0) is 0 Å². The van der Waals surface area contributed by atoms with Crippen LogP contribution in [0.4, 0.5) is 4.39 Å². The van der Waals surface area contributed by atoms with Gasteiger partial charge >= 0.3 is 0 Å². The van der Waals surface area contributed by atoms with E-state index in [-0.39, 0.29) is 11.9 Å². The molecule has 0 fully saturated rings. The molecule has 0 spiro atoms. The van der Waals surface area contributed by atoms with Crippen LogP contribution in [0.25, 0.3) is 0 Å². The maximum Gasteiger partial charge on any atom is 0.123 e. The van der Waals surface area contributed by atoms with Gasteiger partial charge in [0.05, 0.1) is 6.04 Å². The van der Waals surface area contributed by atoms with Crippen molar-refractivity contribution in [3.05, 3.63) is 42.2 Å². The van der Waals surface area contributed by atoms with E-state index in [1.54, 1.807) is 23.9 Å². The van der Waals surface area contributed by atoms with E-state index in [9.17, 15) is 4.39 Å². The fourth-order valence-electron chi connectivity index (χ4n) is 1.04. The molecule has 4 heteroatoms. The van der Waals surface area contributed by atoms with Crippen LogP contribution in [0, 0.1) is 5.82 Å². The summed E-state index contributed by atoms with van der Waals surface area (Å²) >= 11 is 1.62. The third kappa shape index (κ3) is 4.03. The Bertz CT molecular complexity index is 324. The highest BCUT2D eigenvalue weighted by Crippen LogP contribution is 2.20. The molecule has 1 aromatic rings. The van der Waals surface area contributed by atoms with Crippen LogP contribution in [0.1, 0.15) is 6.92 Å². The average Bonchev–Trinajstić information content (AvgIpc) is 2.21. The van der Waals surface area contributed by atoms with Gasteiger partial charge in [0.2, 0.25) is 0 Å². The standard InChI is InChI=1S/C11H15FN2S/c1-8(2)11(14-13)7-15-10-5-3-9(12)4-6-10/h3-6,11,14H,1,7,13H2,2H3. The van der Waals surface area contributed by atoms with Gasteiger partial charge in [-0.25, -0.2) is 4.39 Å². The van der Waals surface area contributed by atoms with Crippen molar-refractivity contribution in [1.29, 1.82) is 0 Å². The minimum Gasteiger partial charge on any atom is -0.271 e. The van der Waals surface area contributed by atoms with Gasteiger partial charge in [0.15, 0.2) is 0 Å². The number of hydrogen-bond donors (Lipinski definition) is 2. The van der Waals surface area contributed by atoms with E-state index in [0.29, 0.717) is 0 Å². The van der Waals surface area contributed by atoms with Crippen LogP contribution in [0.5, 0.6) is 0 Å². The van der Waals surface area contributed by atoms with Gasteiger partial charge in [-0.05, 0) is 31.2 Å². The predicted octanol–water partition coefficient (Wildman–Crippen LogP) is 2.33. The molecule has 15 heavy (non-hydrogen) atoms. The summed E-state index contributed by atoms with van der Waals surface area (Å²) < 4.78 is 12.6. The van der Waals surface area contributed by atoms with Gasteiger partial charge in [-0.3, -0.25) is 11.3 Å². The molecule has 0 radical (unpaired) electrons. The fourth-order valence-corrected chi connectivity index (χ4v) is 2.11. The fraction of sp³-hybridized carbons (Fsp3) is 0.273. The second kappa shape index (κ2) is 5.90. The Morgan fingerprint density at radius 2 is 2.13 bits per heavy atom. The summed E-state index contributed by atoms with van der Waals surface area (Å²) in [5.74, 6) is 5.95. The first kappa shape index (κ1) is 12.2. The van der Waals surface area contributed by atoms with Gasteiger partial charge in [-0.15, -0.1) is 11.8 Å². The van der Waals surface area contributed by atoms with Gasteiger partial charge in [-0.2, -0.15) is 0 Å². The molecule has 1 aromatic carbocycles. The highest BCUT2D eigenvalue weighted by molar-refractivity contribution is 7.99.